The lowest BCUT2D eigenvalue weighted by Gasteiger charge is -2.22. The second kappa shape index (κ2) is 4.82. The van der Waals surface area contributed by atoms with Crippen LogP contribution in [0.1, 0.15) is 30.9 Å². The number of benzene rings is 1. The summed E-state index contributed by atoms with van der Waals surface area (Å²) in [5, 5.41) is 14.9. The summed E-state index contributed by atoms with van der Waals surface area (Å²) < 4.78 is 1.91. The van der Waals surface area contributed by atoms with E-state index in [9.17, 15) is 5.11 Å². The first-order chi connectivity index (χ1) is 9.24. The van der Waals surface area contributed by atoms with Gasteiger partial charge >= 0.3 is 0 Å². The van der Waals surface area contributed by atoms with Crippen LogP contribution in [0.4, 0.5) is 0 Å². The van der Waals surface area contributed by atoms with Crippen molar-refractivity contribution in [1.82, 2.24) is 9.78 Å². The Morgan fingerprint density at radius 1 is 1.32 bits per heavy atom. The molecule has 0 spiro atoms. The molecule has 1 aliphatic carbocycles. The molecule has 19 heavy (non-hydrogen) atoms. The fraction of sp³-hybridized carbons (Fsp3) is 0.438. The van der Waals surface area contributed by atoms with Gasteiger partial charge in [0, 0.05) is 24.6 Å². The molecule has 1 N–H and O–H groups in total. The van der Waals surface area contributed by atoms with Gasteiger partial charge in [-0.15, -0.1) is 0 Å². The van der Waals surface area contributed by atoms with Crippen LogP contribution in [-0.2, 0) is 18.4 Å². The van der Waals surface area contributed by atoms with Crippen LogP contribution in [0.25, 0.3) is 0 Å². The van der Waals surface area contributed by atoms with Crippen LogP contribution in [-0.4, -0.2) is 21.0 Å². The molecule has 0 aliphatic heterocycles. The Morgan fingerprint density at radius 2 is 2.05 bits per heavy atom. The second-order valence-corrected chi connectivity index (χ2v) is 5.45. The second-order valence-electron chi connectivity index (χ2n) is 5.45. The molecule has 0 amide bonds. The third-order valence-electron chi connectivity index (χ3n) is 4.22. The minimum atomic E-state index is -0.315. The first-order valence-corrected chi connectivity index (χ1v) is 6.99. The summed E-state index contributed by atoms with van der Waals surface area (Å²) in [6.07, 6.45) is 6.44. The maximum absolute atomic E-state index is 10.6. The Balaban J connectivity index is 1.75. The van der Waals surface area contributed by atoms with Gasteiger partial charge in [-0.1, -0.05) is 30.3 Å². The Kier molecular flexibility index (Phi) is 3.15. The van der Waals surface area contributed by atoms with Crippen molar-refractivity contribution in [2.45, 2.75) is 44.2 Å². The average Bonchev–Trinajstić information content (AvgIpc) is 3.15. The van der Waals surface area contributed by atoms with E-state index < -0.39 is 0 Å². The van der Waals surface area contributed by atoms with Crippen molar-refractivity contribution in [3.05, 3.63) is 53.9 Å². The fourth-order valence-electron chi connectivity index (χ4n) is 2.82. The van der Waals surface area contributed by atoms with Gasteiger partial charge in [0.15, 0.2) is 0 Å². The van der Waals surface area contributed by atoms with Gasteiger partial charge in [-0.3, -0.25) is 4.68 Å². The lowest BCUT2D eigenvalue weighted by atomic mass is 9.87. The summed E-state index contributed by atoms with van der Waals surface area (Å²) in [5.41, 5.74) is 2.37. The normalized spacial score (nSPS) is 18.2. The number of rotatable bonds is 5. The van der Waals surface area contributed by atoms with Crippen molar-refractivity contribution in [1.29, 1.82) is 0 Å². The first-order valence-electron chi connectivity index (χ1n) is 6.99. The molecule has 1 atom stereocenters. The minimum absolute atomic E-state index is 0.0183. The molecule has 1 saturated carbocycles. The average molecular weight is 256 g/mol. The lowest BCUT2D eigenvalue weighted by molar-refractivity contribution is 0.131. The number of aliphatic hydroxyl groups excluding tert-OH is 1. The van der Waals surface area contributed by atoms with E-state index in [-0.39, 0.29) is 11.5 Å². The van der Waals surface area contributed by atoms with Crippen LogP contribution in [0.3, 0.4) is 0 Å². The van der Waals surface area contributed by atoms with Crippen LogP contribution in [0.5, 0.6) is 0 Å². The SMILES string of the molecule is CCn1cc(CC(O)C2(c3ccccc3)CC2)cn1. The molecule has 1 unspecified atom stereocenters. The van der Waals surface area contributed by atoms with Crippen molar-refractivity contribution in [2.75, 3.05) is 0 Å². The number of nitrogens with zero attached hydrogens (tertiary/aromatic N) is 2. The van der Waals surface area contributed by atoms with Gasteiger partial charge in [-0.05, 0) is 30.9 Å². The molecule has 0 radical (unpaired) electrons. The van der Waals surface area contributed by atoms with Crippen molar-refractivity contribution in [2.24, 2.45) is 0 Å². The summed E-state index contributed by atoms with van der Waals surface area (Å²) in [4.78, 5) is 0. The topological polar surface area (TPSA) is 38.0 Å². The quantitative estimate of drug-likeness (QED) is 0.892. The predicted octanol–water partition coefficient (Wildman–Crippen LogP) is 2.54. The van der Waals surface area contributed by atoms with E-state index in [1.54, 1.807) is 0 Å². The Bertz CT molecular complexity index is 543. The number of aryl methyl sites for hydroxylation is 1. The highest BCUT2D eigenvalue weighted by Crippen LogP contribution is 2.51. The van der Waals surface area contributed by atoms with Crippen LogP contribution in [0.2, 0.25) is 0 Å². The number of hydrogen-bond donors (Lipinski definition) is 1. The van der Waals surface area contributed by atoms with E-state index in [0.717, 1.165) is 24.9 Å². The van der Waals surface area contributed by atoms with Gasteiger partial charge < -0.3 is 5.11 Å². The van der Waals surface area contributed by atoms with Crippen LogP contribution < -0.4 is 0 Å². The highest BCUT2D eigenvalue weighted by molar-refractivity contribution is 5.33. The molecule has 100 valence electrons. The van der Waals surface area contributed by atoms with Crippen molar-refractivity contribution >= 4 is 0 Å². The third kappa shape index (κ3) is 2.30. The smallest absolute Gasteiger partial charge is 0.0678 e. The Hall–Kier alpha value is -1.61. The molecule has 1 aromatic carbocycles. The Labute approximate surface area is 113 Å². The van der Waals surface area contributed by atoms with Crippen LogP contribution >= 0.6 is 0 Å². The van der Waals surface area contributed by atoms with Gasteiger partial charge in [0.25, 0.3) is 0 Å². The summed E-state index contributed by atoms with van der Waals surface area (Å²) in [7, 11) is 0. The summed E-state index contributed by atoms with van der Waals surface area (Å²) >= 11 is 0. The minimum Gasteiger partial charge on any atom is -0.392 e. The monoisotopic (exact) mass is 256 g/mol. The van der Waals surface area contributed by atoms with Gasteiger partial charge in [0.2, 0.25) is 0 Å². The summed E-state index contributed by atoms with van der Waals surface area (Å²) in [6.45, 7) is 2.94. The number of hydrogen-bond acceptors (Lipinski definition) is 2. The standard InChI is InChI=1S/C16H20N2O/c1-2-18-12-13(11-17-18)10-15(19)16(8-9-16)14-6-4-3-5-7-14/h3-7,11-12,15,19H,2,8-10H2,1H3. The van der Waals surface area contributed by atoms with E-state index in [0.29, 0.717) is 6.42 Å². The van der Waals surface area contributed by atoms with E-state index in [4.69, 9.17) is 0 Å². The highest BCUT2D eigenvalue weighted by Gasteiger charge is 2.49. The van der Waals surface area contributed by atoms with Crippen LogP contribution in [0.15, 0.2) is 42.7 Å². The largest absolute Gasteiger partial charge is 0.392 e. The summed E-state index contributed by atoms with van der Waals surface area (Å²) in [6, 6.07) is 10.4. The molecule has 2 aromatic rings. The fourth-order valence-corrected chi connectivity index (χ4v) is 2.82. The molecule has 3 rings (SSSR count). The zero-order valence-electron chi connectivity index (χ0n) is 11.3. The zero-order valence-corrected chi connectivity index (χ0v) is 11.3. The molecule has 1 fully saturated rings. The predicted molar refractivity (Wildman–Crippen MR) is 75.0 cm³/mol. The van der Waals surface area contributed by atoms with Crippen molar-refractivity contribution in [3.8, 4) is 0 Å². The molecular weight excluding hydrogens is 236 g/mol. The van der Waals surface area contributed by atoms with Gasteiger partial charge in [-0.25, -0.2) is 0 Å². The summed E-state index contributed by atoms with van der Waals surface area (Å²) in [5.74, 6) is 0. The third-order valence-corrected chi connectivity index (χ3v) is 4.22. The molecule has 1 aromatic heterocycles. The molecule has 0 bridgehead atoms. The first kappa shape index (κ1) is 12.4. The van der Waals surface area contributed by atoms with E-state index in [2.05, 4.69) is 36.3 Å². The number of aromatic nitrogens is 2. The van der Waals surface area contributed by atoms with Gasteiger partial charge in [0.1, 0.15) is 0 Å². The Morgan fingerprint density at radius 3 is 2.63 bits per heavy atom. The van der Waals surface area contributed by atoms with Gasteiger partial charge in [0.05, 0.1) is 12.3 Å². The maximum Gasteiger partial charge on any atom is 0.0678 e. The number of aliphatic hydroxyl groups is 1. The molecule has 3 nitrogen and oxygen atoms in total. The van der Waals surface area contributed by atoms with E-state index in [1.807, 2.05) is 23.1 Å². The van der Waals surface area contributed by atoms with Crippen LogP contribution in [0, 0.1) is 0 Å². The van der Waals surface area contributed by atoms with Crippen molar-refractivity contribution < 1.29 is 5.11 Å². The molecule has 1 heterocycles. The molecule has 3 heteroatoms. The molecular formula is C16H20N2O. The van der Waals surface area contributed by atoms with Gasteiger partial charge in [-0.2, -0.15) is 5.10 Å². The maximum atomic E-state index is 10.6. The van der Waals surface area contributed by atoms with Crippen molar-refractivity contribution in [3.63, 3.8) is 0 Å². The molecule has 1 aliphatic rings. The molecule has 0 saturated heterocycles. The van der Waals surface area contributed by atoms with E-state index in [1.165, 1.54) is 5.56 Å². The highest BCUT2D eigenvalue weighted by atomic mass is 16.3. The van der Waals surface area contributed by atoms with E-state index >= 15 is 0 Å². The lowest BCUT2D eigenvalue weighted by Crippen LogP contribution is -2.28. The zero-order chi connectivity index (χ0) is 13.3.